The third kappa shape index (κ3) is 2.67. The van der Waals surface area contributed by atoms with Gasteiger partial charge in [0.15, 0.2) is 0 Å². The normalized spacial score (nSPS) is 10.4. The molecule has 4 nitrogen and oxygen atoms in total. The van der Waals surface area contributed by atoms with Crippen LogP contribution in [0.5, 0.6) is 0 Å². The van der Waals surface area contributed by atoms with Crippen molar-refractivity contribution in [3.8, 4) is 0 Å². The molecule has 0 radical (unpaired) electrons. The molecule has 98 valence electrons. The summed E-state index contributed by atoms with van der Waals surface area (Å²) < 4.78 is 0.668. The third-order valence-electron chi connectivity index (χ3n) is 2.79. The first-order chi connectivity index (χ1) is 9.72. The molecule has 2 heterocycles. The first-order valence-electron chi connectivity index (χ1n) is 6.02. The van der Waals surface area contributed by atoms with E-state index in [1.807, 2.05) is 30.3 Å². The van der Waals surface area contributed by atoms with Gasteiger partial charge >= 0.3 is 0 Å². The fourth-order valence-corrected chi connectivity index (χ4v) is 2.19. The Kier molecular flexibility index (Phi) is 3.43. The maximum absolute atomic E-state index is 12.1. The number of fused-ring (bicyclic) bond motifs is 1. The van der Waals surface area contributed by atoms with Gasteiger partial charge in [0.2, 0.25) is 0 Å². The molecule has 0 fully saturated rings. The van der Waals surface area contributed by atoms with E-state index >= 15 is 0 Å². The molecule has 0 unspecified atom stereocenters. The summed E-state index contributed by atoms with van der Waals surface area (Å²) in [7, 11) is 0. The van der Waals surface area contributed by atoms with Crippen molar-refractivity contribution >= 4 is 38.6 Å². The minimum Gasteiger partial charge on any atom is -0.305 e. The van der Waals surface area contributed by atoms with E-state index < -0.39 is 0 Å². The first-order valence-corrected chi connectivity index (χ1v) is 6.81. The predicted octanol–water partition coefficient (Wildman–Crippen LogP) is 3.64. The predicted molar refractivity (Wildman–Crippen MR) is 81.6 cm³/mol. The first kappa shape index (κ1) is 12.7. The molecule has 0 aliphatic carbocycles. The Morgan fingerprint density at radius 3 is 2.65 bits per heavy atom. The molecule has 1 N–H and O–H groups in total. The molecule has 3 aromatic rings. The second kappa shape index (κ2) is 5.38. The van der Waals surface area contributed by atoms with E-state index in [0.29, 0.717) is 16.1 Å². The number of pyridine rings is 2. The van der Waals surface area contributed by atoms with Crippen LogP contribution < -0.4 is 5.32 Å². The summed E-state index contributed by atoms with van der Waals surface area (Å²) in [5.74, 6) is 0.209. The van der Waals surface area contributed by atoms with Crippen molar-refractivity contribution in [2.75, 3.05) is 5.32 Å². The molecule has 3 rings (SSSR count). The van der Waals surface area contributed by atoms with E-state index in [9.17, 15) is 4.79 Å². The van der Waals surface area contributed by atoms with Crippen LogP contribution in [0.2, 0.25) is 0 Å². The molecule has 0 bridgehead atoms. The molecule has 2 aromatic heterocycles. The fourth-order valence-electron chi connectivity index (χ4n) is 1.85. The number of carbonyl (C=O) groups is 1. The Labute approximate surface area is 124 Å². The standard InChI is InChI=1S/C15H10BrN3O/c16-13-6-3-7-14(18-13)19-15(20)12-9-8-10-4-1-2-5-11(10)17-12/h1-9H,(H,18,19,20). The summed E-state index contributed by atoms with van der Waals surface area (Å²) in [6.45, 7) is 0. The van der Waals surface area contributed by atoms with Crippen LogP contribution in [0.4, 0.5) is 5.82 Å². The Hall–Kier alpha value is -2.27. The molecule has 0 aliphatic heterocycles. The molecule has 1 aromatic carbocycles. The highest BCUT2D eigenvalue weighted by atomic mass is 79.9. The summed E-state index contributed by atoms with van der Waals surface area (Å²) in [4.78, 5) is 20.6. The number of hydrogen-bond donors (Lipinski definition) is 1. The van der Waals surface area contributed by atoms with Gasteiger partial charge < -0.3 is 5.32 Å². The zero-order valence-corrected chi connectivity index (χ0v) is 12.0. The Morgan fingerprint density at radius 1 is 0.950 bits per heavy atom. The molecule has 0 spiro atoms. The van der Waals surface area contributed by atoms with Crippen molar-refractivity contribution in [2.24, 2.45) is 0 Å². The molecule has 20 heavy (non-hydrogen) atoms. The highest BCUT2D eigenvalue weighted by Gasteiger charge is 2.09. The monoisotopic (exact) mass is 327 g/mol. The number of hydrogen-bond acceptors (Lipinski definition) is 3. The van der Waals surface area contributed by atoms with E-state index in [1.165, 1.54) is 0 Å². The van der Waals surface area contributed by atoms with Crippen molar-refractivity contribution in [3.63, 3.8) is 0 Å². The summed E-state index contributed by atoms with van der Waals surface area (Å²) in [5, 5.41) is 3.73. The third-order valence-corrected chi connectivity index (χ3v) is 3.23. The smallest absolute Gasteiger partial charge is 0.275 e. The maximum atomic E-state index is 12.1. The lowest BCUT2D eigenvalue weighted by Gasteiger charge is -2.05. The summed E-state index contributed by atoms with van der Waals surface area (Å²) in [6.07, 6.45) is 0. The van der Waals surface area contributed by atoms with E-state index in [4.69, 9.17) is 0 Å². The van der Waals surface area contributed by atoms with Gasteiger partial charge in [-0.25, -0.2) is 9.97 Å². The van der Waals surface area contributed by atoms with Crippen LogP contribution in [0.15, 0.2) is 59.2 Å². The largest absolute Gasteiger partial charge is 0.305 e. The topological polar surface area (TPSA) is 54.9 Å². The van der Waals surface area contributed by atoms with Crippen molar-refractivity contribution < 1.29 is 4.79 Å². The van der Waals surface area contributed by atoms with Gasteiger partial charge in [-0.05, 0) is 40.2 Å². The van der Waals surface area contributed by atoms with Crippen molar-refractivity contribution in [1.29, 1.82) is 0 Å². The van der Waals surface area contributed by atoms with E-state index in [1.54, 1.807) is 24.3 Å². The minimum atomic E-state index is -0.277. The molecule has 0 aliphatic rings. The van der Waals surface area contributed by atoms with Crippen LogP contribution in [0, 0.1) is 0 Å². The SMILES string of the molecule is O=C(Nc1cccc(Br)n1)c1ccc2ccccc2n1. The number of anilines is 1. The van der Waals surface area contributed by atoms with Gasteiger partial charge in [-0.1, -0.05) is 30.3 Å². The second-order valence-corrected chi connectivity index (χ2v) is 5.00. The summed E-state index contributed by atoms with van der Waals surface area (Å²) in [6, 6.07) is 16.6. The van der Waals surface area contributed by atoms with Gasteiger partial charge in [0.25, 0.3) is 5.91 Å². The molecular weight excluding hydrogens is 318 g/mol. The van der Waals surface area contributed by atoms with Crippen LogP contribution in [-0.2, 0) is 0 Å². The van der Waals surface area contributed by atoms with Crippen LogP contribution in [0.1, 0.15) is 10.5 Å². The van der Waals surface area contributed by atoms with Gasteiger partial charge in [-0.3, -0.25) is 4.79 Å². The quantitative estimate of drug-likeness (QED) is 0.731. The lowest BCUT2D eigenvalue weighted by Crippen LogP contribution is -2.14. The number of halogens is 1. The van der Waals surface area contributed by atoms with Gasteiger partial charge in [0, 0.05) is 5.39 Å². The highest BCUT2D eigenvalue weighted by Crippen LogP contribution is 2.14. The number of rotatable bonds is 2. The van der Waals surface area contributed by atoms with Gasteiger partial charge in [-0.15, -0.1) is 0 Å². The van der Waals surface area contributed by atoms with E-state index in [2.05, 4.69) is 31.2 Å². The van der Waals surface area contributed by atoms with Crippen LogP contribution in [0.3, 0.4) is 0 Å². The van der Waals surface area contributed by atoms with Crippen molar-refractivity contribution in [1.82, 2.24) is 9.97 Å². The maximum Gasteiger partial charge on any atom is 0.275 e. The molecule has 0 atom stereocenters. The van der Waals surface area contributed by atoms with Crippen LogP contribution in [-0.4, -0.2) is 15.9 Å². The van der Waals surface area contributed by atoms with Crippen LogP contribution in [0.25, 0.3) is 10.9 Å². The molecule has 5 heteroatoms. The molecule has 0 saturated heterocycles. The number of nitrogens with zero attached hydrogens (tertiary/aromatic N) is 2. The average Bonchev–Trinajstić information content (AvgIpc) is 2.47. The molecule has 0 saturated carbocycles. The second-order valence-electron chi connectivity index (χ2n) is 4.19. The molecular formula is C15H10BrN3O. The zero-order valence-electron chi connectivity index (χ0n) is 10.4. The molecule has 1 amide bonds. The van der Waals surface area contributed by atoms with Crippen molar-refractivity contribution in [3.05, 3.63) is 64.9 Å². The van der Waals surface area contributed by atoms with Gasteiger partial charge in [0.1, 0.15) is 16.1 Å². The Bertz CT molecular complexity index is 789. The van der Waals surface area contributed by atoms with E-state index in [0.717, 1.165) is 10.9 Å². The Balaban J connectivity index is 1.88. The lowest BCUT2D eigenvalue weighted by molar-refractivity contribution is 0.102. The highest BCUT2D eigenvalue weighted by molar-refractivity contribution is 9.10. The Morgan fingerprint density at radius 2 is 1.80 bits per heavy atom. The van der Waals surface area contributed by atoms with Crippen LogP contribution >= 0.6 is 15.9 Å². The number of amides is 1. The number of para-hydroxylation sites is 1. The number of carbonyl (C=O) groups excluding carboxylic acids is 1. The van der Waals surface area contributed by atoms with E-state index in [-0.39, 0.29) is 5.91 Å². The summed E-state index contributed by atoms with van der Waals surface area (Å²) >= 11 is 3.26. The fraction of sp³-hybridized carbons (Fsp3) is 0. The minimum absolute atomic E-state index is 0.277. The van der Waals surface area contributed by atoms with Gasteiger partial charge in [0.05, 0.1) is 5.52 Å². The average molecular weight is 328 g/mol. The number of aromatic nitrogens is 2. The van der Waals surface area contributed by atoms with Crippen molar-refractivity contribution in [2.45, 2.75) is 0 Å². The zero-order chi connectivity index (χ0) is 13.9. The lowest BCUT2D eigenvalue weighted by atomic mass is 10.2. The number of nitrogens with one attached hydrogen (secondary N) is 1. The number of benzene rings is 1. The summed E-state index contributed by atoms with van der Waals surface area (Å²) in [5.41, 5.74) is 1.16. The van der Waals surface area contributed by atoms with Gasteiger partial charge in [-0.2, -0.15) is 0 Å².